The van der Waals surface area contributed by atoms with E-state index in [-0.39, 0.29) is 11.8 Å². The topological polar surface area (TPSA) is 84.5 Å². The van der Waals surface area contributed by atoms with Crippen molar-refractivity contribution in [3.63, 3.8) is 0 Å². The molecule has 28 heavy (non-hydrogen) atoms. The van der Waals surface area contributed by atoms with Gasteiger partial charge in [-0.1, -0.05) is 29.8 Å². The minimum absolute atomic E-state index is 0.256. The fraction of sp³-hybridized carbons (Fsp3) is 0.318. The molecule has 1 saturated carbocycles. The summed E-state index contributed by atoms with van der Waals surface area (Å²) in [6.07, 6.45) is 1.05. The Morgan fingerprint density at radius 2 is 1.61 bits per heavy atom. The third-order valence-corrected chi connectivity index (χ3v) is 4.85. The van der Waals surface area contributed by atoms with Crippen molar-refractivity contribution in [2.45, 2.75) is 33.2 Å². The van der Waals surface area contributed by atoms with E-state index in [9.17, 15) is 14.4 Å². The fourth-order valence-electron chi connectivity index (χ4n) is 2.89. The molecule has 2 aromatic carbocycles. The minimum Gasteiger partial charge on any atom is -0.462 e. The summed E-state index contributed by atoms with van der Waals surface area (Å²) < 4.78 is 4.94. The van der Waals surface area contributed by atoms with Gasteiger partial charge in [0.2, 0.25) is 11.8 Å². The molecule has 0 radical (unpaired) electrons. The van der Waals surface area contributed by atoms with Gasteiger partial charge in [0, 0.05) is 12.2 Å². The van der Waals surface area contributed by atoms with Crippen LogP contribution >= 0.6 is 0 Å². The second kappa shape index (κ2) is 8.25. The number of aryl methyl sites for hydroxylation is 1. The lowest BCUT2D eigenvalue weighted by Crippen LogP contribution is -2.39. The maximum atomic E-state index is 12.7. The highest BCUT2D eigenvalue weighted by Crippen LogP contribution is 2.46. The maximum Gasteiger partial charge on any atom is 0.338 e. The number of ether oxygens (including phenoxy) is 1. The van der Waals surface area contributed by atoms with Crippen LogP contribution < -0.4 is 10.6 Å². The van der Waals surface area contributed by atoms with Gasteiger partial charge in [0.15, 0.2) is 0 Å². The molecule has 1 aliphatic rings. The number of hydrogen-bond acceptors (Lipinski definition) is 4. The Balaban J connectivity index is 1.57. The molecule has 0 aromatic heterocycles. The number of rotatable bonds is 7. The van der Waals surface area contributed by atoms with Gasteiger partial charge in [-0.15, -0.1) is 0 Å². The maximum absolute atomic E-state index is 12.7. The van der Waals surface area contributed by atoms with E-state index in [2.05, 4.69) is 10.6 Å². The Hall–Kier alpha value is -3.15. The quantitative estimate of drug-likeness (QED) is 0.571. The van der Waals surface area contributed by atoms with Gasteiger partial charge in [-0.25, -0.2) is 4.79 Å². The molecule has 0 aliphatic heterocycles. The normalized spacial score (nSPS) is 14.1. The molecule has 2 aromatic rings. The van der Waals surface area contributed by atoms with E-state index in [0.29, 0.717) is 37.2 Å². The summed E-state index contributed by atoms with van der Waals surface area (Å²) in [6.45, 7) is 4.44. The number of benzene rings is 2. The standard InChI is InChI=1S/C22H24N2O4/c1-3-28-19(25)17-8-10-18(11-9-17)24-21(27)22(12-13-22)20(26)23-14-16-6-4-15(2)5-7-16/h4-11H,3,12-14H2,1-2H3,(H,23,26)(H,24,27). The van der Waals surface area contributed by atoms with E-state index in [1.54, 1.807) is 31.2 Å². The van der Waals surface area contributed by atoms with E-state index in [1.807, 2.05) is 31.2 Å². The summed E-state index contributed by atoms with van der Waals surface area (Å²) >= 11 is 0. The van der Waals surface area contributed by atoms with Crippen LogP contribution in [0.4, 0.5) is 5.69 Å². The molecule has 3 rings (SSSR count). The predicted molar refractivity (Wildman–Crippen MR) is 106 cm³/mol. The van der Waals surface area contributed by atoms with Crippen molar-refractivity contribution in [2.75, 3.05) is 11.9 Å². The molecule has 0 saturated heterocycles. The molecule has 6 heteroatoms. The molecule has 0 unspecified atom stereocenters. The molecule has 146 valence electrons. The highest BCUT2D eigenvalue weighted by molar-refractivity contribution is 6.13. The lowest BCUT2D eigenvalue weighted by molar-refractivity contribution is -0.134. The molecular formula is C22H24N2O4. The lowest BCUT2D eigenvalue weighted by atomic mass is 10.0. The zero-order valence-corrected chi connectivity index (χ0v) is 16.1. The van der Waals surface area contributed by atoms with Crippen molar-refractivity contribution in [1.29, 1.82) is 0 Å². The zero-order valence-electron chi connectivity index (χ0n) is 16.1. The first-order chi connectivity index (χ1) is 13.4. The van der Waals surface area contributed by atoms with Crippen molar-refractivity contribution < 1.29 is 19.1 Å². The van der Waals surface area contributed by atoms with Crippen LogP contribution in [0, 0.1) is 12.3 Å². The van der Waals surface area contributed by atoms with Crippen molar-refractivity contribution in [1.82, 2.24) is 5.32 Å². The van der Waals surface area contributed by atoms with Gasteiger partial charge in [-0.2, -0.15) is 0 Å². The molecule has 2 amide bonds. The Morgan fingerprint density at radius 3 is 2.18 bits per heavy atom. The molecule has 0 atom stereocenters. The summed E-state index contributed by atoms with van der Waals surface area (Å²) in [4.78, 5) is 36.9. The first kappa shape index (κ1) is 19.6. The van der Waals surface area contributed by atoms with E-state index in [0.717, 1.165) is 11.1 Å². The molecular weight excluding hydrogens is 356 g/mol. The number of carbonyl (C=O) groups excluding carboxylic acids is 3. The molecule has 2 N–H and O–H groups in total. The fourth-order valence-corrected chi connectivity index (χ4v) is 2.89. The summed E-state index contributed by atoms with van der Waals surface area (Å²) in [5.74, 6) is -0.985. The monoisotopic (exact) mass is 380 g/mol. The van der Waals surface area contributed by atoms with Crippen LogP contribution in [0.5, 0.6) is 0 Å². The van der Waals surface area contributed by atoms with Gasteiger partial charge >= 0.3 is 5.97 Å². The first-order valence-electron chi connectivity index (χ1n) is 9.37. The average Bonchev–Trinajstić information content (AvgIpc) is 3.50. The SMILES string of the molecule is CCOC(=O)c1ccc(NC(=O)C2(C(=O)NCc3ccc(C)cc3)CC2)cc1. The number of nitrogens with one attached hydrogen (secondary N) is 2. The smallest absolute Gasteiger partial charge is 0.338 e. The van der Waals surface area contributed by atoms with Crippen LogP contribution in [-0.4, -0.2) is 24.4 Å². The summed E-state index contributed by atoms with van der Waals surface area (Å²) in [6, 6.07) is 14.3. The highest BCUT2D eigenvalue weighted by Gasteiger charge is 2.56. The Bertz CT molecular complexity index is 868. The first-order valence-corrected chi connectivity index (χ1v) is 9.37. The molecule has 1 fully saturated rings. The lowest BCUT2D eigenvalue weighted by Gasteiger charge is -2.16. The van der Waals surface area contributed by atoms with Gasteiger partial charge < -0.3 is 15.4 Å². The van der Waals surface area contributed by atoms with Crippen LogP contribution in [-0.2, 0) is 20.9 Å². The third kappa shape index (κ3) is 4.39. The molecule has 0 spiro atoms. The summed E-state index contributed by atoms with van der Waals surface area (Å²) in [7, 11) is 0. The number of carbonyl (C=O) groups is 3. The van der Waals surface area contributed by atoms with Gasteiger partial charge in [0.25, 0.3) is 0 Å². The van der Waals surface area contributed by atoms with Gasteiger partial charge in [0.05, 0.1) is 12.2 Å². The number of esters is 1. The van der Waals surface area contributed by atoms with Gasteiger partial charge in [-0.3, -0.25) is 9.59 Å². The van der Waals surface area contributed by atoms with Crippen LogP contribution in [0.2, 0.25) is 0 Å². The van der Waals surface area contributed by atoms with E-state index >= 15 is 0 Å². The van der Waals surface area contributed by atoms with Crippen molar-refractivity contribution in [3.8, 4) is 0 Å². The van der Waals surface area contributed by atoms with E-state index in [4.69, 9.17) is 4.74 Å². The number of anilines is 1. The second-order valence-electron chi connectivity index (χ2n) is 7.00. The molecule has 1 aliphatic carbocycles. The van der Waals surface area contributed by atoms with Crippen molar-refractivity contribution >= 4 is 23.5 Å². The molecule has 0 bridgehead atoms. The van der Waals surface area contributed by atoms with Crippen molar-refractivity contribution in [3.05, 3.63) is 65.2 Å². The number of hydrogen-bond donors (Lipinski definition) is 2. The zero-order chi connectivity index (χ0) is 20.1. The van der Waals surface area contributed by atoms with E-state index < -0.39 is 11.4 Å². The van der Waals surface area contributed by atoms with Crippen LogP contribution in [0.15, 0.2) is 48.5 Å². The largest absolute Gasteiger partial charge is 0.462 e. The van der Waals surface area contributed by atoms with Crippen molar-refractivity contribution in [2.24, 2.45) is 5.41 Å². The second-order valence-corrected chi connectivity index (χ2v) is 7.00. The highest BCUT2D eigenvalue weighted by atomic mass is 16.5. The van der Waals surface area contributed by atoms with Crippen LogP contribution in [0.1, 0.15) is 41.3 Å². The average molecular weight is 380 g/mol. The van der Waals surface area contributed by atoms with Gasteiger partial charge in [-0.05, 0) is 56.5 Å². The minimum atomic E-state index is -1.01. The summed E-state index contributed by atoms with van der Waals surface area (Å²) in [5.41, 5.74) is 2.09. The predicted octanol–water partition coefficient (Wildman–Crippen LogP) is 3.21. The summed E-state index contributed by atoms with van der Waals surface area (Å²) in [5, 5.41) is 5.64. The third-order valence-electron chi connectivity index (χ3n) is 4.85. The molecule has 0 heterocycles. The molecule has 6 nitrogen and oxygen atoms in total. The Labute approximate surface area is 164 Å². The van der Waals surface area contributed by atoms with Crippen LogP contribution in [0.3, 0.4) is 0 Å². The van der Waals surface area contributed by atoms with Crippen LogP contribution in [0.25, 0.3) is 0 Å². The van der Waals surface area contributed by atoms with E-state index in [1.165, 1.54) is 0 Å². The van der Waals surface area contributed by atoms with Gasteiger partial charge in [0.1, 0.15) is 5.41 Å². The number of amides is 2. The Morgan fingerprint density at radius 1 is 0.964 bits per heavy atom. The Kier molecular flexibility index (Phi) is 5.78.